The summed E-state index contributed by atoms with van der Waals surface area (Å²) in [6, 6.07) is 7.17. The van der Waals surface area contributed by atoms with E-state index in [9.17, 15) is 9.59 Å². The van der Waals surface area contributed by atoms with Crippen molar-refractivity contribution >= 4 is 22.6 Å². The lowest BCUT2D eigenvalue weighted by Gasteiger charge is -2.34. The van der Waals surface area contributed by atoms with Gasteiger partial charge in [0.1, 0.15) is 17.0 Å². The number of nitrogens with zero attached hydrogens (tertiary/aromatic N) is 5. The van der Waals surface area contributed by atoms with Crippen molar-refractivity contribution in [2.45, 2.75) is 19.9 Å². The molecule has 0 spiro atoms. The molecular weight excluding hydrogens is 370 g/mol. The topological polar surface area (TPSA) is 72.1 Å². The molecule has 4 heterocycles. The predicted molar refractivity (Wildman–Crippen MR) is 111 cm³/mol. The lowest BCUT2D eigenvalue weighted by molar-refractivity contribution is 0.0632. The maximum Gasteiger partial charge on any atom is 0.270 e. The number of aryl methyl sites for hydroxylation is 1. The summed E-state index contributed by atoms with van der Waals surface area (Å²) in [6.45, 7) is 7.41. The Morgan fingerprint density at radius 2 is 2.00 bits per heavy atom. The molecule has 0 radical (unpaired) electrons. The third-order valence-electron chi connectivity index (χ3n) is 5.63. The summed E-state index contributed by atoms with van der Waals surface area (Å²) in [5, 5.41) is 0.474. The number of ether oxygens (including phenoxy) is 1. The van der Waals surface area contributed by atoms with Gasteiger partial charge in [-0.3, -0.25) is 14.0 Å². The van der Waals surface area contributed by atoms with Gasteiger partial charge in [-0.1, -0.05) is 13.0 Å². The molecule has 29 heavy (non-hydrogen) atoms. The lowest BCUT2D eigenvalue weighted by atomic mass is 10.2. The molecule has 1 fully saturated rings. The Labute approximate surface area is 169 Å². The smallest absolute Gasteiger partial charge is 0.270 e. The molecular formula is C21H27N5O3. The zero-order chi connectivity index (χ0) is 20.4. The number of rotatable bonds is 6. The van der Waals surface area contributed by atoms with Crippen LogP contribution in [0.4, 0.5) is 0 Å². The van der Waals surface area contributed by atoms with Crippen molar-refractivity contribution in [2.75, 3.05) is 46.4 Å². The summed E-state index contributed by atoms with van der Waals surface area (Å²) in [6.07, 6.45) is 2.44. The van der Waals surface area contributed by atoms with Crippen LogP contribution in [0.15, 0.2) is 35.3 Å². The predicted octanol–water partition coefficient (Wildman–Crippen LogP) is 1.46. The number of aromatic nitrogens is 3. The van der Waals surface area contributed by atoms with Gasteiger partial charge >= 0.3 is 0 Å². The largest absolute Gasteiger partial charge is 0.385 e. The van der Waals surface area contributed by atoms with E-state index >= 15 is 0 Å². The number of fused-ring (bicyclic) bond motifs is 2. The zero-order valence-corrected chi connectivity index (χ0v) is 17.0. The second-order valence-corrected chi connectivity index (χ2v) is 7.34. The van der Waals surface area contributed by atoms with Crippen molar-refractivity contribution in [2.24, 2.45) is 0 Å². The van der Waals surface area contributed by atoms with Crippen LogP contribution in [0.25, 0.3) is 16.7 Å². The van der Waals surface area contributed by atoms with Crippen LogP contribution in [-0.2, 0) is 11.3 Å². The van der Waals surface area contributed by atoms with E-state index in [1.807, 2.05) is 15.5 Å². The molecule has 3 aromatic heterocycles. The minimum absolute atomic E-state index is 0.0374. The fourth-order valence-electron chi connectivity index (χ4n) is 3.95. The second kappa shape index (κ2) is 8.34. The fraction of sp³-hybridized carbons (Fsp3) is 0.476. The van der Waals surface area contributed by atoms with E-state index in [0.29, 0.717) is 48.6 Å². The van der Waals surface area contributed by atoms with Crippen LogP contribution >= 0.6 is 0 Å². The van der Waals surface area contributed by atoms with E-state index in [1.165, 1.54) is 4.40 Å². The number of carbonyl (C=O) groups excluding carboxylic acids is 1. The Kier molecular flexibility index (Phi) is 5.64. The van der Waals surface area contributed by atoms with E-state index < -0.39 is 0 Å². The van der Waals surface area contributed by atoms with Crippen LogP contribution in [0.1, 0.15) is 23.8 Å². The summed E-state index contributed by atoms with van der Waals surface area (Å²) in [5.41, 5.74) is 1.52. The van der Waals surface area contributed by atoms with Gasteiger partial charge in [0.05, 0.1) is 5.39 Å². The molecule has 0 aromatic carbocycles. The summed E-state index contributed by atoms with van der Waals surface area (Å²) >= 11 is 0. The first-order chi connectivity index (χ1) is 14.1. The minimum Gasteiger partial charge on any atom is -0.385 e. The third-order valence-corrected chi connectivity index (χ3v) is 5.63. The van der Waals surface area contributed by atoms with Crippen molar-refractivity contribution in [3.8, 4) is 0 Å². The van der Waals surface area contributed by atoms with Gasteiger partial charge in [-0.05, 0) is 31.2 Å². The molecule has 154 valence electrons. The Balaban J connectivity index is 1.78. The first-order valence-electron chi connectivity index (χ1n) is 10.1. The van der Waals surface area contributed by atoms with Crippen molar-refractivity contribution < 1.29 is 9.53 Å². The average Bonchev–Trinajstić information content (AvgIpc) is 3.12. The van der Waals surface area contributed by atoms with Gasteiger partial charge in [0.15, 0.2) is 0 Å². The highest BCUT2D eigenvalue weighted by atomic mass is 16.5. The van der Waals surface area contributed by atoms with Crippen LogP contribution in [0.5, 0.6) is 0 Å². The average molecular weight is 397 g/mol. The highest BCUT2D eigenvalue weighted by Gasteiger charge is 2.26. The van der Waals surface area contributed by atoms with Gasteiger partial charge in [0.2, 0.25) is 0 Å². The van der Waals surface area contributed by atoms with Crippen molar-refractivity contribution in [1.29, 1.82) is 0 Å². The molecule has 8 heteroatoms. The fourth-order valence-corrected chi connectivity index (χ4v) is 3.95. The Hall–Kier alpha value is -2.71. The number of hydrogen-bond donors (Lipinski definition) is 0. The highest BCUT2D eigenvalue weighted by molar-refractivity contribution is 5.98. The maximum absolute atomic E-state index is 13.3. The van der Waals surface area contributed by atoms with E-state index in [0.717, 1.165) is 26.1 Å². The molecule has 0 N–H and O–H groups in total. The summed E-state index contributed by atoms with van der Waals surface area (Å²) in [7, 11) is 1.66. The van der Waals surface area contributed by atoms with E-state index in [1.54, 1.807) is 31.5 Å². The number of methoxy groups -OCH3 is 1. The van der Waals surface area contributed by atoms with E-state index in [4.69, 9.17) is 9.72 Å². The Bertz CT molecular complexity index is 1080. The van der Waals surface area contributed by atoms with Gasteiger partial charge in [-0.2, -0.15) is 0 Å². The number of carbonyl (C=O) groups is 1. The molecule has 0 saturated carbocycles. The first kappa shape index (κ1) is 19.6. The maximum atomic E-state index is 13.3. The normalized spacial score (nSPS) is 15.4. The van der Waals surface area contributed by atoms with Gasteiger partial charge in [0.25, 0.3) is 11.5 Å². The molecule has 8 nitrogen and oxygen atoms in total. The Morgan fingerprint density at radius 3 is 2.72 bits per heavy atom. The summed E-state index contributed by atoms with van der Waals surface area (Å²) in [5.74, 6) is -0.0374. The SMILES string of the molecule is CCN1CCN(C(=O)c2cc3c(=O)n4ccccc4nc3n2CCCOC)CC1. The number of likely N-dealkylation sites (N-methyl/N-ethyl adjacent to an activating group) is 1. The molecule has 1 amide bonds. The molecule has 3 aromatic rings. The van der Waals surface area contributed by atoms with Gasteiger partial charge in [-0.15, -0.1) is 0 Å². The van der Waals surface area contributed by atoms with Gasteiger partial charge in [-0.25, -0.2) is 4.98 Å². The molecule has 0 unspecified atom stereocenters. The number of hydrogen-bond acceptors (Lipinski definition) is 5. The van der Waals surface area contributed by atoms with Crippen LogP contribution in [0.3, 0.4) is 0 Å². The first-order valence-corrected chi connectivity index (χ1v) is 10.1. The second-order valence-electron chi connectivity index (χ2n) is 7.34. The highest BCUT2D eigenvalue weighted by Crippen LogP contribution is 2.19. The summed E-state index contributed by atoms with van der Waals surface area (Å²) < 4.78 is 8.60. The molecule has 0 aliphatic carbocycles. The van der Waals surface area contributed by atoms with Crippen LogP contribution in [0.2, 0.25) is 0 Å². The number of pyridine rings is 1. The molecule has 0 bridgehead atoms. The Morgan fingerprint density at radius 1 is 1.21 bits per heavy atom. The standard InChI is InChI=1S/C21H27N5O3/c1-3-23-10-12-24(13-11-23)21(28)17-15-16-19(25(17)9-6-14-29-2)22-18-7-4-5-8-26(18)20(16)27/h4-5,7-8,15H,3,6,9-14H2,1-2H3. The summed E-state index contributed by atoms with van der Waals surface area (Å²) in [4.78, 5) is 35.3. The quantitative estimate of drug-likeness (QED) is 0.589. The van der Waals surface area contributed by atoms with Crippen molar-refractivity contribution in [3.05, 3.63) is 46.5 Å². The number of amides is 1. The molecule has 1 aliphatic heterocycles. The third kappa shape index (κ3) is 3.65. The molecule has 1 aliphatic rings. The van der Waals surface area contributed by atoms with Gasteiger partial charge in [0, 0.05) is 52.6 Å². The van der Waals surface area contributed by atoms with Gasteiger partial charge < -0.3 is 19.1 Å². The lowest BCUT2D eigenvalue weighted by Crippen LogP contribution is -2.48. The van der Waals surface area contributed by atoms with Crippen LogP contribution in [0, 0.1) is 0 Å². The monoisotopic (exact) mass is 397 g/mol. The van der Waals surface area contributed by atoms with E-state index in [2.05, 4.69) is 11.8 Å². The molecule has 4 rings (SSSR count). The van der Waals surface area contributed by atoms with Crippen LogP contribution < -0.4 is 5.56 Å². The van der Waals surface area contributed by atoms with E-state index in [-0.39, 0.29) is 11.5 Å². The molecule has 1 saturated heterocycles. The molecule has 0 atom stereocenters. The van der Waals surface area contributed by atoms with Crippen LogP contribution in [-0.4, -0.2) is 76.1 Å². The minimum atomic E-state index is -0.152. The zero-order valence-electron chi connectivity index (χ0n) is 17.0. The number of piperazine rings is 1. The van der Waals surface area contributed by atoms with Crippen molar-refractivity contribution in [3.63, 3.8) is 0 Å². The van der Waals surface area contributed by atoms with Crippen molar-refractivity contribution in [1.82, 2.24) is 23.8 Å².